The van der Waals surface area contributed by atoms with E-state index >= 15 is 0 Å². The summed E-state index contributed by atoms with van der Waals surface area (Å²) in [4.78, 5) is 11.9. The second-order valence-corrected chi connectivity index (χ2v) is 4.96. The summed E-state index contributed by atoms with van der Waals surface area (Å²) in [6, 6.07) is 15.3. The lowest BCUT2D eigenvalue weighted by molar-refractivity contribution is -0.123. The van der Waals surface area contributed by atoms with E-state index in [2.05, 4.69) is 5.32 Å². The van der Waals surface area contributed by atoms with Crippen molar-refractivity contribution in [3.05, 3.63) is 65.7 Å². The first-order chi connectivity index (χ1) is 11.2. The van der Waals surface area contributed by atoms with Crippen molar-refractivity contribution >= 4 is 12.0 Å². The number of methoxy groups -OCH3 is 1. The molecular weight excluding hydrogens is 290 g/mol. The minimum absolute atomic E-state index is 0.0494. The average Bonchev–Trinajstić information content (AvgIpc) is 2.59. The Morgan fingerprint density at radius 1 is 1.13 bits per heavy atom. The van der Waals surface area contributed by atoms with Gasteiger partial charge >= 0.3 is 0 Å². The summed E-state index contributed by atoms with van der Waals surface area (Å²) < 4.78 is 10.9. The lowest BCUT2D eigenvalue weighted by Gasteiger charge is -2.11. The first kappa shape index (κ1) is 16.6. The van der Waals surface area contributed by atoms with Crippen LogP contribution in [0, 0.1) is 0 Å². The molecule has 2 aromatic rings. The van der Waals surface area contributed by atoms with Crippen molar-refractivity contribution < 1.29 is 14.3 Å². The van der Waals surface area contributed by atoms with E-state index in [0.717, 1.165) is 11.1 Å². The largest absolute Gasteiger partial charge is 0.493 e. The Bertz CT molecular complexity index is 666. The molecule has 0 radical (unpaired) electrons. The minimum Gasteiger partial charge on any atom is -0.493 e. The third-order valence-electron chi connectivity index (χ3n) is 3.24. The highest BCUT2D eigenvalue weighted by atomic mass is 16.5. The van der Waals surface area contributed by atoms with Gasteiger partial charge in [0.05, 0.1) is 7.11 Å². The van der Waals surface area contributed by atoms with Crippen LogP contribution >= 0.6 is 0 Å². The Labute approximate surface area is 136 Å². The van der Waals surface area contributed by atoms with Crippen LogP contribution in [0.1, 0.15) is 18.1 Å². The molecule has 120 valence electrons. The van der Waals surface area contributed by atoms with Gasteiger partial charge in [-0.15, -0.1) is 0 Å². The van der Waals surface area contributed by atoms with Crippen LogP contribution in [-0.2, 0) is 11.3 Å². The van der Waals surface area contributed by atoms with Gasteiger partial charge in [-0.2, -0.15) is 0 Å². The normalized spacial score (nSPS) is 10.5. The lowest BCUT2D eigenvalue weighted by atomic mass is 10.2. The topological polar surface area (TPSA) is 47.6 Å². The van der Waals surface area contributed by atoms with Crippen LogP contribution in [0.5, 0.6) is 11.5 Å². The average molecular weight is 311 g/mol. The van der Waals surface area contributed by atoms with E-state index in [1.54, 1.807) is 13.2 Å². The van der Waals surface area contributed by atoms with Crippen molar-refractivity contribution in [1.29, 1.82) is 0 Å². The van der Waals surface area contributed by atoms with Crippen LogP contribution in [0.2, 0.25) is 0 Å². The molecule has 23 heavy (non-hydrogen) atoms. The SMILES string of the molecule is C/C=C\c1ccc(OCC(=O)NCc2ccccc2)c(OC)c1. The molecule has 0 atom stereocenters. The molecule has 4 nitrogen and oxygen atoms in total. The molecule has 0 aromatic heterocycles. The fourth-order valence-corrected chi connectivity index (χ4v) is 2.09. The first-order valence-electron chi connectivity index (χ1n) is 7.47. The maximum Gasteiger partial charge on any atom is 0.258 e. The van der Waals surface area contributed by atoms with Gasteiger partial charge in [-0.1, -0.05) is 48.6 Å². The number of rotatable bonds is 7. The molecule has 0 saturated heterocycles. The second-order valence-electron chi connectivity index (χ2n) is 4.96. The molecule has 1 amide bonds. The molecule has 0 unspecified atom stereocenters. The van der Waals surface area contributed by atoms with Gasteiger partial charge in [0.1, 0.15) is 0 Å². The van der Waals surface area contributed by atoms with E-state index in [4.69, 9.17) is 9.47 Å². The summed E-state index contributed by atoms with van der Waals surface area (Å²) >= 11 is 0. The number of hydrogen-bond acceptors (Lipinski definition) is 3. The van der Waals surface area contributed by atoms with Crippen molar-refractivity contribution in [2.24, 2.45) is 0 Å². The van der Waals surface area contributed by atoms with E-state index < -0.39 is 0 Å². The minimum atomic E-state index is -0.173. The fraction of sp³-hybridized carbons (Fsp3) is 0.211. The monoisotopic (exact) mass is 311 g/mol. The van der Waals surface area contributed by atoms with Crippen molar-refractivity contribution in [1.82, 2.24) is 5.32 Å². The summed E-state index contributed by atoms with van der Waals surface area (Å²) in [7, 11) is 1.58. The molecule has 2 aromatic carbocycles. The van der Waals surface area contributed by atoms with E-state index in [-0.39, 0.29) is 12.5 Å². The molecule has 0 spiro atoms. The Balaban J connectivity index is 1.88. The van der Waals surface area contributed by atoms with Gasteiger partial charge < -0.3 is 14.8 Å². The van der Waals surface area contributed by atoms with Gasteiger partial charge in [0.2, 0.25) is 0 Å². The Hall–Kier alpha value is -2.75. The number of carbonyl (C=O) groups excluding carboxylic acids is 1. The molecule has 0 aliphatic rings. The van der Waals surface area contributed by atoms with Crippen molar-refractivity contribution in [3.8, 4) is 11.5 Å². The molecule has 0 fully saturated rings. The summed E-state index contributed by atoms with van der Waals surface area (Å²) in [6.07, 6.45) is 3.92. The third-order valence-corrected chi connectivity index (χ3v) is 3.24. The zero-order valence-corrected chi connectivity index (χ0v) is 13.4. The predicted octanol–water partition coefficient (Wildman–Crippen LogP) is 3.42. The van der Waals surface area contributed by atoms with Crippen LogP contribution in [0.3, 0.4) is 0 Å². The maximum absolute atomic E-state index is 11.9. The van der Waals surface area contributed by atoms with E-state index in [9.17, 15) is 4.79 Å². The Morgan fingerprint density at radius 3 is 2.61 bits per heavy atom. The fourth-order valence-electron chi connectivity index (χ4n) is 2.09. The predicted molar refractivity (Wildman–Crippen MR) is 91.5 cm³/mol. The summed E-state index contributed by atoms with van der Waals surface area (Å²) in [5, 5.41) is 2.82. The molecule has 2 rings (SSSR count). The zero-order valence-electron chi connectivity index (χ0n) is 13.4. The van der Waals surface area contributed by atoms with Crippen LogP contribution in [0.15, 0.2) is 54.6 Å². The highest BCUT2D eigenvalue weighted by molar-refractivity contribution is 5.77. The summed E-state index contributed by atoms with van der Waals surface area (Å²) in [6.45, 7) is 2.39. The third kappa shape index (κ3) is 5.18. The standard InChI is InChI=1S/C19H21NO3/c1-3-7-15-10-11-17(18(12-15)22-2)23-14-19(21)20-13-16-8-5-4-6-9-16/h3-12H,13-14H2,1-2H3,(H,20,21)/b7-3-. The Kier molecular flexibility index (Phi) is 6.24. The quantitative estimate of drug-likeness (QED) is 0.852. The molecule has 0 saturated carbocycles. The van der Waals surface area contributed by atoms with Crippen LogP contribution in [0.25, 0.3) is 6.08 Å². The summed E-state index contributed by atoms with van der Waals surface area (Å²) in [5.41, 5.74) is 2.07. The second kappa shape index (κ2) is 8.63. The molecule has 0 bridgehead atoms. The number of hydrogen-bond donors (Lipinski definition) is 1. The Morgan fingerprint density at radius 2 is 1.91 bits per heavy atom. The van der Waals surface area contributed by atoms with Gasteiger partial charge in [0, 0.05) is 6.54 Å². The molecule has 0 heterocycles. The van der Waals surface area contributed by atoms with Crippen LogP contribution in [0.4, 0.5) is 0 Å². The first-order valence-corrected chi connectivity index (χ1v) is 7.47. The summed E-state index contributed by atoms with van der Waals surface area (Å²) in [5.74, 6) is 0.987. The highest BCUT2D eigenvalue weighted by Gasteiger charge is 2.08. The van der Waals surface area contributed by atoms with E-state index in [0.29, 0.717) is 18.0 Å². The molecule has 0 aliphatic heterocycles. The zero-order chi connectivity index (χ0) is 16.5. The number of carbonyl (C=O) groups is 1. The molecule has 0 aliphatic carbocycles. The molecule has 1 N–H and O–H groups in total. The van der Waals surface area contributed by atoms with E-state index in [1.165, 1.54) is 0 Å². The van der Waals surface area contributed by atoms with Gasteiger partial charge in [0.15, 0.2) is 18.1 Å². The van der Waals surface area contributed by atoms with Gasteiger partial charge in [-0.3, -0.25) is 4.79 Å². The van der Waals surface area contributed by atoms with Crippen molar-refractivity contribution in [3.63, 3.8) is 0 Å². The number of ether oxygens (including phenoxy) is 2. The van der Waals surface area contributed by atoms with Crippen molar-refractivity contribution in [2.75, 3.05) is 13.7 Å². The number of nitrogens with one attached hydrogen (secondary N) is 1. The van der Waals surface area contributed by atoms with Gasteiger partial charge in [-0.25, -0.2) is 0 Å². The number of allylic oxidation sites excluding steroid dienone is 1. The van der Waals surface area contributed by atoms with Crippen LogP contribution < -0.4 is 14.8 Å². The molecule has 4 heteroatoms. The number of amides is 1. The number of benzene rings is 2. The molecular formula is C19H21NO3. The lowest BCUT2D eigenvalue weighted by Crippen LogP contribution is -2.28. The highest BCUT2D eigenvalue weighted by Crippen LogP contribution is 2.28. The maximum atomic E-state index is 11.9. The van der Waals surface area contributed by atoms with Gasteiger partial charge in [-0.05, 0) is 30.2 Å². The van der Waals surface area contributed by atoms with Crippen LogP contribution in [-0.4, -0.2) is 19.6 Å². The smallest absolute Gasteiger partial charge is 0.258 e. The van der Waals surface area contributed by atoms with Gasteiger partial charge in [0.25, 0.3) is 5.91 Å². The van der Waals surface area contributed by atoms with E-state index in [1.807, 2.05) is 61.5 Å². The van der Waals surface area contributed by atoms with Crippen molar-refractivity contribution in [2.45, 2.75) is 13.5 Å².